The highest BCUT2D eigenvalue weighted by molar-refractivity contribution is 5.83. The van der Waals surface area contributed by atoms with Gasteiger partial charge in [-0.2, -0.15) is 13.2 Å². The average molecular weight is 526 g/mol. The minimum absolute atomic E-state index is 0.127. The van der Waals surface area contributed by atoms with Crippen LogP contribution in [0, 0.1) is 5.92 Å². The van der Waals surface area contributed by atoms with E-state index in [4.69, 9.17) is 14.9 Å². The van der Waals surface area contributed by atoms with Crippen LogP contribution in [-0.4, -0.2) is 34.6 Å². The van der Waals surface area contributed by atoms with Gasteiger partial charge in [-0.15, -0.1) is 0 Å². The molecule has 2 N–H and O–H groups in total. The van der Waals surface area contributed by atoms with Crippen molar-refractivity contribution in [1.29, 1.82) is 0 Å². The Kier molecular flexibility index (Phi) is 7.25. The van der Waals surface area contributed by atoms with Crippen molar-refractivity contribution in [2.24, 2.45) is 5.92 Å². The molecule has 3 heterocycles. The normalized spacial score (nSPS) is 15.1. The van der Waals surface area contributed by atoms with Crippen molar-refractivity contribution in [2.75, 3.05) is 30.3 Å². The highest BCUT2D eigenvalue weighted by atomic mass is 19.4. The highest BCUT2D eigenvalue weighted by Crippen LogP contribution is 2.33. The van der Waals surface area contributed by atoms with Crippen molar-refractivity contribution < 1.29 is 22.3 Å². The van der Waals surface area contributed by atoms with E-state index >= 15 is 0 Å². The van der Waals surface area contributed by atoms with Gasteiger partial charge in [-0.3, -0.25) is 0 Å². The highest BCUT2D eigenvalue weighted by Gasteiger charge is 2.33. The van der Waals surface area contributed by atoms with E-state index in [2.05, 4.69) is 28.8 Å². The lowest BCUT2D eigenvalue weighted by atomic mass is 9.98. The van der Waals surface area contributed by atoms with E-state index in [0.29, 0.717) is 43.8 Å². The van der Waals surface area contributed by atoms with Gasteiger partial charge in [-0.05, 0) is 60.6 Å². The summed E-state index contributed by atoms with van der Waals surface area (Å²) in [4.78, 5) is 14.2. The fourth-order valence-corrected chi connectivity index (χ4v) is 4.68. The molecule has 38 heavy (non-hydrogen) atoms. The van der Waals surface area contributed by atoms with Crippen molar-refractivity contribution in [3.05, 3.63) is 65.5 Å². The quantitative estimate of drug-likeness (QED) is 0.278. The van der Waals surface area contributed by atoms with Gasteiger partial charge in [0, 0.05) is 42.7 Å². The first-order chi connectivity index (χ1) is 18.2. The van der Waals surface area contributed by atoms with Gasteiger partial charge in [0.2, 0.25) is 11.8 Å². The molecule has 1 fully saturated rings. The van der Waals surface area contributed by atoms with Crippen molar-refractivity contribution >= 4 is 22.7 Å². The predicted octanol–water partition coefficient (Wildman–Crippen LogP) is 6.44. The fraction of sp³-hybridized carbons (Fsp3) is 0.393. The Labute approximate surface area is 218 Å². The number of nitrogen functional groups attached to an aromatic ring is 1. The van der Waals surface area contributed by atoms with E-state index in [0.717, 1.165) is 52.9 Å². The lowest BCUT2D eigenvalue weighted by Crippen LogP contribution is -2.36. The van der Waals surface area contributed by atoms with Gasteiger partial charge >= 0.3 is 6.18 Å². The van der Waals surface area contributed by atoms with Crippen LogP contribution < -0.4 is 10.6 Å². The zero-order valence-corrected chi connectivity index (χ0v) is 21.3. The number of fused-ring (bicyclic) bond motifs is 1. The summed E-state index contributed by atoms with van der Waals surface area (Å²) in [7, 11) is 0. The van der Waals surface area contributed by atoms with Crippen LogP contribution in [0.25, 0.3) is 22.6 Å². The first-order valence-corrected chi connectivity index (χ1v) is 12.7. The second-order valence-electron chi connectivity index (χ2n) is 10.0. The average Bonchev–Trinajstić information content (AvgIpc) is 3.32. The number of rotatable bonds is 7. The Balaban J connectivity index is 1.13. The molecule has 200 valence electrons. The van der Waals surface area contributed by atoms with E-state index in [9.17, 15) is 13.2 Å². The molecule has 0 saturated carbocycles. The molecule has 0 radical (unpaired) electrons. The first-order valence-electron chi connectivity index (χ1n) is 12.7. The first kappa shape index (κ1) is 26.0. The second-order valence-corrected chi connectivity index (χ2v) is 10.0. The van der Waals surface area contributed by atoms with Gasteiger partial charge in [-0.1, -0.05) is 26.0 Å². The summed E-state index contributed by atoms with van der Waals surface area (Å²) in [6.07, 6.45) is -1.70. The van der Waals surface area contributed by atoms with Crippen LogP contribution in [0.1, 0.15) is 49.4 Å². The summed E-state index contributed by atoms with van der Waals surface area (Å²) in [5, 5.41) is 0. The Morgan fingerprint density at radius 2 is 1.82 bits per heavy atom. The van der Waals surface area contributed by atoms with E-state index in [1.807, 2.05) is 36.4 Å². The number of anilines is 2. The summed E-state index contributed by atoms with van der Waals surface area (Å²) in [6, 6.07) is 12.6. The molecule has 0 spiro atoms. The topological polar surface area (TPSA) is 90.3 Å². The molecule has 4 aromatic rings. The maximum absolute atomic E-state index is 12.9. The Hall–Kier alpha value is -3.66. The molecule has 1 saturated heterocycles. The molecule has 10 heteroatoms. The van der Waals surface area contributed by atoms with Gasteiger partial charge in [0.25, 0.3) is 0 Å². The minimum atomic E-state index is -4.48. The predicted molar refractivity (Wildman–Crippen MR) is 140 cm³/mol. The van der Waals surface area contributed by atoms with Gasteiger partial charge in [0.15, 0.2) is 5.58 Å². The molecule has 0 amide bonds. The van der Waals surface area contributed by atoms with Crippen LogP contribution in [0.4, 0.5) is 24.8 Å². The van der Waals surface area contributed by atoms with Crippen LogP contribution in [0.2, 0.25) is 0 Å². The standard InChI is InChI=1S/C28H30F3N5O2/c1-17(2)22-13-21(32)14-23-25(22)38-26(34-23)20-5-3-18(4-6-20)15-37-16-19-8-11-36(12-9-19)27-33-10-7-24(35-27)28(29,30)31/h3-7,10,13-14,17,19H,8-9,11-12,15-16,32H2,1-2H3. The third kappa shape index (κ3) is 5.75. The SMILES string of the molecule is CC(C)c1cc(N)cc2nc(-c3ccc(COCC4CCN(c5nccc(C(F)(F)F)n5)CC4)cc3)oc12. The lowest BCUT2D eigenvalue weighted by Gasteiger charge is -2.32. The number of aromatic nitrogens is 3. The molecule has 0 unspecified atom stereocenters. The number of benzene rings is 2. The third-order valence-corrected chi connectivity index (χ3v) is 6.82. The number of nitrogens with zero attached hydrogens (tertiary/aromatic N) is 4. The van der Waals surface area contributed by atoms with Gasteiger partial charge in [0.05, 0.1) is 6.61 Å². The number of hydrogen-bond donors (Lipinski definition) is 1. The fourth-order valence-electron chi connectivity index (χ4n) is 4.68. The molecular weight excluding hydrogens is 495 g/mol. The molecule has 1 aliphatic heterocycles. The molecule has 0 atom stereocenters. The number of ether oxygens (including phenoxy) is 1. The van der Waals surface area contributed by atoms with E-state index < -0.39 is 11.9 Å². The maximum atomic E-state index is 12.9. The summed E-state index contributed by atoms with van der Waals surface area (Å²) in [5.41, 5.74) is 10.3. The number of nitrogens with two attached hydrogens (primary N) is 1. The van der Waals surface area contributed by atoms with Crippen molar-refractivity contribution in [3.8, 4) is 11.5 Å². The maximum Gasteiger partial charge on any atom is 0.433 e. The van der Waals surface area contributed by atoms with Crippen LogP contribution in [0.15, 0.2) is 53.1 Å². The molecule has 5 rings (SSSR count). The molecule has 2 aromatic heterocycles. The van der Waals surface area contributed by atoms with Crippen LogP contribution in [0.3, 0.4) is 0 Å². The Bertz CT molecular complexity index is 1390. The van der Waals surface area contributed by atoms with Crippen LogP contribution >= 0.6 is 0 Å². The third-order valence-electron chi connectivity index (χ3n) is 6.82. The smallest absolute Gasteiger partial charge is 0.433 e. The monoisotopic (exact) mass is 525 g/mol. The van der Waals surface area contributed by atoms with Crippen molar-refractivity contribution in [1.82, 2.24) is 15.0 Å². The largest absolute Gasteiger partial charge is 0.436 e. The zero-order chi connectivity index (χ0) is 26.9. The Morgan fingerprint density at radius 3 is 2.50 bits per heavy atom. The number of piperidine rings is 1. The zero-order valence-electron chi connectivity index (χ0n) is 21.3. The molecule has 0 aliphatic carbocycles. The van der Waals surface area contributed by atoms with Crippen LogP contribution in [-0.2, 0) is 17.5 Å². The van der Waals surface area contributed by atoms with E-state index in [1.54, 1.807) is 4.90 Å². The number of alkyl halides is 3. The second kappa shape index (κ2) is 10.6. The molecule has 7 nitrogen and oxygen atoms in total. The summed E-state index contributed by atoms with van der Waals surface area (Å²) < 4.78 is 50.9. The van der Waals surface area contributed by atoms with Crippen molar-refractivity contribution in [3.63, 3.8) is 0 Å². The molecule has 1 aliphatic rings. The number of oxazole rings is 1. The summed E-state index contributed by atoms with van der Waals surface area (Å²) in [6.45, 7) is 6.44. The molecular formula is C28H30F3N5O2. The number of hydrogen-bond acceptors (Lipinski definition) is 7. The number of halogens is 3. The van der Waals surface area contributed by atoms with E-state index in [-0.39, 0.29) is 11.9 Å². The summed E-state index contributed by atoms with van der Waals surface area (Å²) in [5.74, 6) is 1.28. The minimum Gasteiger partial charge on any atom is -0.436 e. The van der Waals surface area contributed by atoms with Gasteiger partial charge < -0.3 is 19.8 Å². The van der Waals surface area contributed by atoms with Crippen molar-refractivity contribution in [2.45, 2.75) is 45.4 Å². The molecule has 0 bridgehead atoms. The lowest BCUT2D eigenvalue weighted by molar-refractivity contribution is -0.141. The Morgan fingerprint density at radius 1 is 1.08 bits per heavy atom. The van der Waals surface area contributed by atoms with Gasteiger partial charge in [0.1, 0.15) is 11.2 Å². The van der Waals surface area contributed by atoms with E-state index in [1.165, 1.54) is 0 Å². The van der Waals surface area contributed by atoms with Gasteiger partial charge in [-0.25, -0.2) is 15.0 Å². The summed E-state index contributed by atoms with van der Waals surface area (Å²) >= 11 is 0. The van der Waals surface area contributed by atoms with Crippen LogP contribution in [0.5, 0.6) is 0 Å². The molecule has 2 aromatic carbocycles.